The molecule has 3 nitrogen and oxygen atoms in total. The van der Waals surface area contributed by atoms with Crippen LogP contribution in [0.2, 0.25) is 0 Å². The summed E-state index contributed by atoms with van der Waals surface area (Å²) < 4.78 is 5.56. The number of rotatable bonds is 7. The van der Waals surface area contributed by atoms with Gasteiger partial charge in [-0.15, -0.1) is 11.6 Å². The van der Waals surface area contributed by atoms with Crippen molar-refractivity contribution in [3.05, 3.63) is 29.8 Å². The molecule has 4 heteroatoms. The molecule has 0 bridgehead atoms. The number of halogens is 1. The highest BCUT2D eigenvalue weighted by Gasteiger charge is 2.21. The molecule has 19 heavy (non-hydrogen) atoms. The van der Waals surface area contributed by atoms with E-state index >= 15 is 0 Å². The number of ether oxygens (including phenoxy) is 1. The van der Waals surface area contributed by atoms with Gasteiger partial charge in [-0.1, -0.05) is 31.5 Å². The largest absolute Gasteiger partial charge is 0.361 e. The lowest BCUT2D eigenvalue weighted by atomic mass is 10.2. The highest BCUT2D eigenvalue weighted by Crippen LogP contribution is 2.21. The zero-order valence-corrected chi connectivity index (χ0v) is 12.6. The Morgan fingerprint density at radius 2 is 2.11 bits per heavy atom. The van der Waals surface area contributed by atoms with Crippen molar-refractivity contribution >= 4 is 23.2 Å². The minimum absolute atomic E-state index is 0.132. The maximum atomic E-state index is 12.2. The quantitative estimate of drug-likeness (QED) is 0.433. The lowest BCUT2D eigenvalue weighted by molar-refractivity contribution is -0.119. The number of hydrogen-bond acceptors (Lipinski definition) is 2. The number of alkyl halides is 1. The van der Waals surface area contributed by atoms with Crippen LogP contribution in [0, 0.1) is 6.92 Å². The third-order valence-electron chi connectivity index (χ3n) is 2.88. The van der Waals surface area contributed by atoms with Crippen molar-refractivity contribution in [3.63, 3.8) is 0 Å². The fourth-order valence-corrected chi connectivity index (χ4v) is 1.85. The average Bonchev–Trinajstić information content (AvgIpc) is 2.39. The molecule has 0 aliphatic heterocycles. The number of anilines is 1. The van der Waals surface area contributed by atoms with Crippen LogP contribution < -0.4 is 4.90 Å². The fourth-order valence-electron chi connectivity index (χ4n) is 1.74. The number of carbonyl (C=O) groups is 1. The Labute approximate surface area is 120 Å². The second-order valence-electron chi connectivity index (χ2n) is 4.56. The standard InChI is InChI=1S/C15H22ClNO2/c1-4-5-10-19-11-17(15(18)13(3)16)14-9-7-6-8-12(14)2/h6-9,13H,4-5,10-11H2,1-3H3. The summed E-state index contributed by atoms with van der Waals surface area (Å²) in [5, 5.41) is -0.561. The first-order chi connectivity index (χ1) is 9.07. The topological polar surface area (TPSA) is 29.5 Å². The first-order valence-electron chi connectivity index (χ1n) is 6.66. The molecule has 0 radical (unpaired) electrons. The van der Waals surface area contributed by atoms with E-state index in [4.69, 9.17) is 16.3 Å². The molecule has 0 aliphatic carbocycles. The van der Waals surface area contributed by atoms with Crippen LogP contribution in [0.1, 0.15) is 32.3 Å². The molecule has 1 atom stereocenters. The van der Waals surface area contributed by atoms with E-state index in [0.717, 1.165) is 24.1 Å². The molecule has 1 aromatic rings. The summed E-state index contributed by atoms with van der Waals surface area (Å²) >= 11 is 5.92. The van der Waals surface area contributed by atoms with Crippen molar-refractivity contribution in [2.75, 3.05) is 18.2 Å². The van der Waals surface area contributed by atoms with Gasteiger partial charge in [-0.2, -0.15) is 0 Å². The van der Waals surface area contributed by atoms with Gasteiger partial charge < -0.3 is 4.74 Å². The Hall–Kier alpha value is -1.06. The number of nitrogens with zero attached hydrogens (tertiary/aromatic N) is 1. The van der Waals surface area contributed by atoms with Crippen LogP contribution in [0.4, 0.5) is 5.69 Å². The molecule has 1 aromatic carbocycles. The number of benzene rings is 1. The van der Waals surface area contributed by atoms with Crippen LogP contribution in [-0.4, -0.2) is 24.6 Å². The molecule has 0 N–H and O–H groups in total. The van der Waals surface area contributed by atoms with Gasteiger partial charge in [-0.25, -0.2) is 0 Å². The molecular weight excluding hydrogens is 262 g/mol. The van der Waals surface area contributed by atoms with Crippen molar-refractivity contribution in [1.29, 1.82) is 0 Å². The molecule has 0 aromatic heterocycles. The highest BCUT2D eigenvalue weighted by molar-refractivity contribution is 6.32. The Kier molecular flexibility index (Phi) is 6.89. The predicted octanol–water partition coefficient (Wildman–Crippen LogP) is 3.73. The number of aryl methyl sites for hydroxylation is 1. The monoisotopic (exact) mass is 283 g/mol. The number of amides is 1. The number of para-hydroxylation sites is 1. The van der Waals surface area contributed by atoms with Crippen LogP contribution in [0.5, 0.6) is 0 Å². The fraction of sp³-hybridized carbons (Fsp3) is 0.533. The Morgan fingerprint density at radius 1 is 1.42 bits per heavy atom. The van der Waals surface area contributed by atoms with Gasteiger partial charge in [0.15, 0.2) is 0 Å². The zero-order chi connectivity index (χ0) is 14.3. The van der Waals surface area contributed by atoms with E-state index in [9.17, 15) is 4.79 Å². The van der Waals surface area contributed by atoms with Gasteiger partial charge >= 0.3 is 0 Å². The van der Waals surface area contributed by atoms with Crippen LogP contribution in [0.25, 0.3) is 0 Å². The minimum atomic E-state index is -0.561. The molecule has 106 valence electrons. The third-order valence-corrected chi connectivity index (χ3v) is 3.06. The number of hydrogen-bond donors (Lipinski definition) is 0. The summed E-state index contributed by atoms with van der Waals surface area (Å²) in [6, 6.07) is 7.74. The summed E-state index contributed by atoms with van der Waals surface area (Å²) in [6.45, 7) is 6.67. The lowest BCUT2D eigenvalue weighted by Gasteiger charge is -2.25. The average molecular weight is 284 g/mol. The Balaban J connectivity index is 2.81. The van der Waals surface area contributed by atoms with Crippen LogP contribution in [-0.2, 0) is 9.53 Å². The second kappa shape index (κ2) is 8.18. The van der Waals surface area contributed by atoms with Crippen molar-refractivity contribution in [3.8, 4) is 0 Å². The third kappa shape index (κ3) is 4.84. The van der Waals surface area contributed by atoms with E-state index in [0.29, 0.717) is 6.61 Å². The molecule has 0 fully saturated rings. The highest BCUT2D eigenvalue weighted by atomic mass is 35.5. The number of carbonyl (C=O) groups excluding carboxylic acids is 1. The number of unbranched alkanes of at least 4 members (excludes halogenated alkanes) is 1. The van der Waals surface area contributed by atoms with E-state index in [1.54, 1.807) is 11.8 Å². The van der Waals surface area contributed by atoms with Gasteiger partial charge in [0.2, 0.25) is 5.91 Å². The Bertz CT molecular complexity index is 407. The summed E-state index contributed by atoms with van der Waals surface area (Å²) in [7, 11) is 0. The van der Waals surface area contributed by atoms with E-state index in [1.807, 2.05) is 31.2 Å². The second-order valence-corrected chi connectivity index (χ2v) is 5.21. The van der Waals surface area contributed by atoms with E-state index < -0.39 is 5.38 Å². The molecule has 0 saturated carbocycles. The van der Waals surface area contributed by atoms with Gasteiger partial charge in [0.25, 0.3) is 0 Å². The van der Waals surface area contributed by atoms with Gasteiger partial charge in [-0.05, 0) is 31.9 Å². The Morgan fingerprint density at radius 3 is 2.68 bits per heavy atom. The molecule has 1 amide bonds. The summed E-state index contributed by atoms with van der Waals surface area (Å²) in [4.78, 5) is 13.8. The maximum absolute atomic E-state index is 12.2. The molecule has 1 unspecified atom stereocenters. The van der Waals surface area contributed by atoms with Crippen molar-refractivity contribution in [1.82, 2.24) is 0 Å². The van der Waals surface area contributed by atoms with Crippen LogP contribution >= 0.6 is 11.6 Å². The lowest BCUT2D eigenvalue weighted by Crippen LogP contribution is -2.38. The zero-order valence-electron chi connectivity index (χ0n) is 11.9. The summed E-state index contributed by atoms with van der Waals surface area (Å²) in [6.07, 6.45) is 2.07. The molecule has 0 spiro atoms. The predicted molar refractivity (Wildman–Crippen MR) is 79.7 cm³/mol. The van der Waals surface area contributed by atoms with Crippen molar-refractivity contribution in [2.24, 2.45) is 0 Å². The first kappa shape index (κ1) is 16.0. The van der Waals surface area contributed by atoms with E-state index in [-0.39, 0.29) is 12.6 Å². The normalized spacial score (nSPS) is 12.2. The summed E-state index contributed by atoms with van der Waals surface area (Å²) in [5.41, 5.74) is 1.89. The van der Waals surface area contributed by atoms with E-state index in [2.05, 4.69) is 6.92 Å². The molecule has 0 saturated heterocycles. The molecule has 0 heterocycles. The van der Waals surface area contributed by atoms with Gasteiger partial charge in [0.1, 0.15) is 12.1 Å². The van der Waals surface area contributed by atoms with Gasteiger partial charge in [0, 0.05) is 12.3 Å². The van der Waals surface area contributed by atoms with Gasteiger partial charge in [-0.3, -0.25) is 9.69 Å². The molecule has 0 aliphatic rings. The van der Waals surface area contributed by atoms with E-state index in [1.165, 1.54) is 0 Å². The van der Waals surface area contributed by atoms with Crippen LogP contribution in [0.15, 0.2) is 24.3 Å². The summed E-state index contributed by atoms with van der Waals surface area (Å²) in [5.74, 6) is -0.132. The first-order valence-corrected chi connectivity index (χ1v) is 7.10. The SMILES string of the molecule is CCCCOCN(C(=O)C(C)Cl)c1ccccc1C. The maximum Gasteiger partial charge on any atom is 0.246 e. The van der Waals surface area contributed by atoms with Crippen molar-refractivity contribution in [2.45, 2.75) is 39.0 Å². The van der Waals surface area contributed by atoms with Gasteiger partial charge in [0.05, 0.1) is 0 Å². The smallest absolute Gasteiger partial charge is 0.246 e. The minimum Gasteiger partial charge on any atom is -0.361 e. The molecule has 1 rings (SSSR count). The van der Waals surface area contributed by atoms with Crippen molar-refractivity contribution < 1.29 is 9.53 Å². The van der Waals surface area contributed by atoms with Crippen LogP contribution in [0.3, 0.4) is 0 Å². The molecular formula is C15H22ClNO2.